The van der Waals surface area contributed by atoms with Crippen molar-refractivity contribution in [1.82, 2.24) is 4.98 Å². The van der Waals surface area contributed by atoms with E-state index in [-0.39, 0.29) is 0 Å². The van der Waals surface area contributed by atoms with Crippen molar-refractivity contribution in [1.29, 1.82) is 0 Å². The van der Waals surface area contributed by atoms with Crippen LogP contribution >= 0.6 is 11.3 Å². The second-order valence-electron chi connectivity index (χ2n) is 8.76. The van der Waals surface area contributed by atoms with Gasteiger partial charge in [-0.2, -0.15) is 0 Å². The second kappa shape index (κ2) is 9.13. The third-order valence-corrected chi connectivity index (χ3v) is 5.47. The number of anilines is 2. The molecule has 1 amide bonds. The number of nitrogens with zero attached hydrogens (tertiary/aromatic N) is 1. The summed E-state index contributed by atoms with van der Waals surface area (Å²) in [5, 5.41) is 17.2. The lowest BCUT2D eigenvalue weighted by Gasteiger charge is -2.23. The molecule has 0 aliphatic rings. The molecule has 0 saturated carbocycles. The molecule has 1 heterocycles. The summed E-state index contributed by atoms with van der Waals surface area (Å²) in [4.78, 5) is 17.0. The van der Waals surface area contributed by atoms with Gasteiger partial charge in [0.15, 0.2) is 11.4 Å². The smallest absolute Gasteiger partial charge is 0.413 e. The van der Waals surface area contributed by atoms with E-state index in [1.54, 1.807) is 20.8 Å². The average molecular weight is 420 g/mol. The Morgan fingerprint density at radius 2 is 1.69 bits per heavy atom. The van der Waals surface area contributed by atoms with E-state index in [4.69, 9.17) is 4.74 Å². The van der Waals surface area contributed by atoms with Gasteiger partial charge < -0.3 is 15.2 Å². The number of carbonyl (C=O) groups is 1. The van der Waals surface area contributed by atoms with Crippen LogP contribution in [-0.4, -0.2) is 21.8 Å². The van der Waals surface area contributed by atoms with Gasteiger partial charge in [0.25, 0.3) is 0 Å². The van der Waals surface area contributed by atoms with Gasteiger partial charge in [-0.15, -0.1) is 0 Å². The summed E-state index contributed by atoms with van der Waals surface area (Å²) >= 11 is 1.23. The van der Waals surface area contributed by atoms with Crippen LogP contribution in [0.5, 0.6) is 0 Å². The third-order valence-electron chi connectivity index (χ3n) is 4.34. The maximum atomic E-state index is 12.0. The van der Waals surface area contributed by atoms with E-state index in [2.05, 4.69) is 61.5 Å². The summed E-state index contributed by atoms with van der Waals surface area (Å²) in [6.45, 7) is 15.8. The summed E-state index contributed by atoms with van der Waals surface area (Å²) in [6, 6.07) is 6.23. The van der Waals surface area contributed by atoms with Gasteiger partial charge in [-0.25, -0.2) is 9.78 Å². The molecule has 160 valence electrons. The summed E-state index contributed by atoms with van der Waals surface area (Å²) in [6.07, 6.45) is -1.49. The molecule has 2 rings (SSSR count). The SMILES string of the molecule is Cc1nc(NC(=O)OC(C)(C)C)sc1[C@H](O)Nc1c(C(C)C)cccc1C(C)C. The number of amides is 1. The van der Waals surface area contributed by atoms with E-state index in [0.717, 1.165) is 16.8 Å². The standard InChI is InChI=1S/C22H33N3O3S/c1-12(2)15-10-9-11-16(13(3)4)17(15)24-19(26)18-14(5)23-20(29-18)25-21(27)28-22(6,7)8/h9-13,19,24,26H,1-8H3,(H,23,25,27)/t19-/m0/s1. The van der Waals surface area contributed by atoms with Gasteiger partial charge in [0, 0.05) is 5.69 Å². The molecular weight excluding hydrogens is 386 g/mol. The largest absolute Gasteiger partial charge is 0.444 e. The van der Waals surface area contributed by atoms with Crippen molar-refractivity contribution >= 4 is 28.2 Å². The first-order valence-electron chi connectivity index (χ1n) is 9.93. The Hall–Kier alpha value is -2.12. The van der Waals surface area contributed by atoms with E-state index in [9.17, 15) is 9.90 Å². The zero-order valence-electron chi connectivity index (χ0n) is 18.6. The lowest BCUT2D eigenvalue weighted by Crippen LogP contribution is -2.27. The minimum atomic E-state index is -0.931. The third kappa shape index (κ3) is 6.18. The second-order valence-corrected chi connectivity index (χ2v) is 9.79. The molecule has 0 unspecified atom stereocenters. The number of aromatic nitrogens is 1. The van der Waals surface area contributed by atoms with Crippen LogP contribution in [0, 0.1) is 6.92 Å². The van der Waals surface area contributed by atoms with Crippen molar-refractivity contribution in [3.63, 3.8) is 0 Å². The van der Waals surface area contributed by atoms with E-state index in [1.165, 1.54) is 11.3 Å². The monoisotopic (exact) mass is 419 g/mol. The first-order chi connectivity index (χ1) is 13.4. The number of thiazole rings is 1. The van der Waals surface area contributed by atoms with Crippen molar-refractivity contribution in [3.8, 4) is 0 Å². The van der Waals surface area contributed by atoms with Gasteiger partial charge in [0.1, 0.15) is 5.60 Å². The van der Waals surface area contributed by atoms with Gasteiger partial charge >= 0.3 is 6.09 Å². The molecule has 6 nitrogen and oxygen atoms in total. The summed E-state index contributed by atoms with van der Waals surface area (Å²) < 4.78 is 5.27. The Morgan fingerprint density at radius 1 is 1.14 bits per heavy atom. The minimum absolute atomic E-state index is 0.315. The van der Waals surface area contributed by atoms with Gasteiger partial charge in [0.05, 0.1) is 10.6 Å². The van der Waals surface area contributed by atoms with Crippen LogP contribution < -0.4 is 10.6 Å². The quantitative estimate of drug-likeness (QED) is 0.489. The Balaban J connectivity index is 2.25. The highest BCUT2D eigenvalue weighted by atomic mass is 32.1. The zero-order chi connectivity index (χ0) is 21.9. The normalized spacial score (nSPS) is 12.9. The first kappa shape index (κ1) is 23.2. The van der Waals surface area contributed by atoms with Crippen LogP contribution in [0.25, 0.3) is 0 Å². The highest BCUT2D eigenvalue weighted by molar-refractivity contribution is 7.16. The molecule has 1 aromatic carbocycles. The number of nitrogens with one attached hydrogen (secondary N) is 2. The first-order valence-corrected chi connectivity index (χ1v) is 10.8. The lowest BCUT2D eigenvalue weighted by atomic mass is 9.92. The molecule has 0 fully saturated rings. The van der Waals surface area contributed by atoms with Gasteiger partial charge in [-0.05, 0) is 50.7 Å². The predicted octanol–water partition coefficient (Wildman–Crippen LogP) is 6.15. The van der Waals surface area contributed by atoms with E-state index < -0.39 is 17.9 Å². The van der Waals surface area contributed by atoms with Gasteiger partial charge in [-0.1, -0.05) is 57.2 Å². The number of para-hydroxylation sites is 1. The number of carbonyl (C=O) groups excluding carboxylic acids is 1. The molecule has 1 aromatic heterocycles. The number of ether oxygens (including phenoxy) is 1. The van der Waals surface area contributed by atoms with Crippen molar-refractivity contribution in [2.45, 2.75) is 79.1 Å². The lowest BCUT2D eigenvalue weighted by molar-refractivity contribution is 0.0636. The molecule has 29 heavy (non-hydrogen) atoms. The number of aliphatic hydroxyl groups is 1. The highest BCUT2D eigenvalue weighted by Crippen LogP contribution is 2.36. The Kier molecular flexibility index (Phi) is 7.30. The van der Waals surface area contributed by atoms with Crippen molar-refractivity contribution in [2.24, 2.45) is 0 Å². The van der Waals surface area contributed by atoms with Crippen LogP contribution in [0.4, 0.5) is 15.6 Å². The minimum Gasteiger partial charge on any atom is -0.444 e. The number of aliphatic hydroxyl groups excluding tert-OH is 1. The van der Waals surface area contributed by atoms with Crippen LogP contribution in [-0.2, 0) is 4.74 Å². The van der Waals surface area contributed by atoms with Crippen LogP contribution in [0.3, 0.4) is 0 Å². The maximum Gasteiger partial charge on any atom is 0.413 e. The Labute approximate surface area is 177 Å². The number of hydrogen-bond acceptors (Lipinski definition) is 6. The zero-order valence-corrected chi connectivity index (χ0v) is 19.4. The predicted molar refractivity (Wildman–Crippen MR) is 120 cm³/mol. The molecule has 3 N–H and O–H groups in total. The van der Waals surface area contributed by atoms with E-state index in [0.29, 0.717) is 27.5 Å². The molecule has 0 radical (unpaired) electrons. The number of hydrogen-bond donors (Lipinski definition) is 3. The molecule has 2 aromatic rings. The summed E-state index contributed by atoms with van der Waals surface area (Å²) in [5.41, 5.74) is 3.34. The van der Waals surface area contributed by atoms with Gasteiger partial charge in [0.2, 0.25) is 0 Å². The summed E-state index contributed by atoms with van der Waals surface area (Å²) in [5.74, 6) is 0.630. The summed E-state index contributed by atoms with van der Waals surface area (Å²) in [7, 11) is 0. The molecule has 0 bridgehead atoms. The molecule has 0 spiro atoms. The number of aryl methyl sites for hydroxylation is 1. The molecular formula is C22H33N3O3S. The van der Waals surface area contributed by atoms with E-state index in [1.807, 2.05) is 6.92 Å². The fraction of sp³-hybridized carbons (Fsp3) is 0.545. The Bertz CT molecular complexity index is 827. The van der Waals surface area contributed by atoms with Crippen LogP contribution in [0.15, 0.2) is 18.2 Å². The Morgan fingerprint density at radius 3 is 2.17 bits per heavy atom. The van der Waals surface area contributed by atoms with Crippen LogP contribution in [0.2, 0.25) is 0 Å². The topological polar surface area (TPSA) is 83.5 Å². The van der Waals surface area contributed by atoms with Crippen molar-refractivity contribution in [2.75, 3.05) is 10.6 Å². The van der Waals surface area contributed by atoms with Crippen molar-refractivity contribution in [3.05, 3.63) is 39.9 Å². The highest BCUT2D eigenvalue weighted by Gasteiger charge is 2.22. The molecule has 0 saturated heterocycles. The fourth-order valence-corrected chi connectivity index (χ4v) is 3.92. The molecule has 1 atom stereocenters. The van der Waals surface area contributed by atoms with Crippen LogP contribution in [0.1, 0.15) is 88.2 Å². The fourth-order valence-electron chi connectivity index (χ4n) is 3.03. The maximum absolute atomic E-state index is 12.0. The van der Waals surface area contributed by atoms with Gasteiger partial charge in [-0.3, -0.25) is 5.32 Å². The number of benzene rings is 1. The molecule has 0 aliphatic heterocycles. The van der Waals surface area contributed by atoms with E-state index >= 15 is 0 Å². The van der Waals surface area contributed by atoms with Crippen molar-refractivity contribution < 1.29 is 14.6 Å². The molecule has 0 aliphatic carbocycles. The average Bonchev–Trinajstić information content (AvgIpc) is 2.92. The molecule has 7 heteroatoms. The number of rotatable bonds is 6.